The number of hydrogen-bond acceptors (Lipinski definition) is 4. The van der Waals surface area contributed by atoms with Gasteiger partial charge >= 0.3 is 0 Å². The van der Waals surface area contributed by atoms with Crippen LogP contribution in [0.2, 0.25) is 0 Å². The number of carbonyl (C=O) groups excluding carboxylic acids is 1. The number of hydrogen-bond donors (Lipinski definition) is 0. The fourth-order valence-corrected chi connectivity index (χ4v) is 5.01. The molecule has 0 bridgehead atoms. The number of nitrogens with zero attached hydrogens (tertiary/aromatic N) is 2. The maximum absolute atomic E-state index is 13.5. The van der Waals surface area contributed by atoms with Crippen LogP contribution in [0.3, 0.4) is 0 Å². The Kier molecular flexibility index (Phi) is 5.25. The highest BCUT2D eigenvalue weighted by atomic mass is 16.5. The maximum atomic E-state index is 13.5. The Labute approximate surface area is 183 Å². The van der Waals surface area contributed by atoms with Crippen LogP contribution in [-0.2, 0) is 4.79 Å². The molecule has 2 unspecified atom stereocenters. The smallest absolute Gasteiger partial charge is 0.160 e. The quantitative estimate of drug-likeness (QED) is 0.662. The molecule has 4 nitrogen and oxygen atoms in total. The number of carbonyl (C=O) groups is 1. The zero-order chi connectivity index (χ0) is 22.2. The van der Waals surface area contributed by atoms with E-state index in [4.69, 9.17) is 4.74 Å². The summed E-state index contributed by atoms with van der Waals surface area (Å²) in [6.07, 6.45) is 1.14. The van der Waals surface area contributed by atoms with Gasteiger partial charge in [0.1, 0.15) is 5.75 Å². The summed E-state index contributed by atoms with van der Waals surface area (Å²) in [5.41, 5.74) is 4.05. The molecule has 31 heavy (non-hydrogen) atoms. The van der Waals surface area contributed by atoms with Gasteiger partial charge in [0.15, 0.2) is 5.78 Å². The van der Waals surface area contributed by atoms with E-state index in [1.807, 2.05) is 54.6 Å². The first-order valence-electron chi connectivity index (χ1n) is 10.4. The first-order chi connectivity index (χ1) is 14.9. The third kappa shape index (κ3) is 3.56. The Morgan fingerprint density at radius 1 is 0.871 bits per heavy atom. The predicted octanol–water partition coefficient (Wildman–Crippen LogP) is 5.61. The highest BCUT2D eigenvalue weighted by molar-refractivity contribution is 6.01. The molecule has 0 saturated carbocycles. The van der Waals surface area contributed by atoms with Gasteiger partial charge in [-0.3, -0.25) is 4.79 Å². The van der Waals surface area contributed by atoms with Crippen molar-refractivity contribution in [2.24, 2.45) is 5.41 Å². The number of ketones is 1. The number of allylic oxidation sites excluding steroid dienone is 4. The van der Waals surface area contributed by atoms with Crippen molar-refractivity contribution in [2.45, 2.75) is 38.5 Å². The summed E-state index contributed by atoms with van der Waals surface area (Å²) in [4.78, 5) is 13.5. The SMILES string of the molecule is COc1ccc(C2C(C#N)=C(C#N)C(c3ccccc3)C3=C2CC(C)(C)CC3=O)cc1. The summed E-state index contributed by atoms with van der Waals surface area (Å²) in [7, 11) is 1.61. The molecule has 0 heterocycles. The maximum Gasteiger partial charge on any atom is 0.160 e. The van der Waals surface area contributed by atoms with Gasteiger partial charge in [-0.1, -0.05) is 56.3 Å². The van der Waals surface area contributed by atoms with Crippen LogP contribution >= 0.6 is 0 Å². The molecule has 2 aromatic carbocycles. The van der Waals surface area contributed by atoms with Crippen molar-refractivity contribution >= 4 is 5.78 Å². The van der Waals surface area contributed by atoms with Gasteiger partial charge in [0.25, 0.3) is 0 Å². The van der Waals surface area contributed by atoms with E-state index in [1.165, 1.54) is 0 Å². The summed E-state index contributed by atoms with van der Waals surface area (Å²) in [6.45, 7) is 4.18. The minimum absolute atomic E-state index is 0.0726. The third-order valence-electron chi connectivity index (χ3n) is 6.28. The Morgan fingerprint density at radius 2 is 1.45 bits per heavy atom. The molecule has 0 fully saturated rings. The number of benzene rings is 2. The minimum Gasteiger partial charge on any atom is -0.497 e. The number of Topliss-reactive ketones (excluding diaryl/α,β-unsaturated/α-hetero) is 1. The first kappa shape index (κ1) is 20.6. The second kappa shape index (κ2) is 7.89. The molecule has 0 amide bonds. The summed E-state index contributed by atoms with van der Waals surface area (Å²) in [5.74, 6) is -0.0969. The van der Waals surface area contributed by atoms with Crippen LogP contribution in [0.4, 0.5) is 0 Å². The zero-order valence-corrected chi connectivity index (χ0v) is 18.0. The van der Waals surface area contributed by atoms with Gasteiger partial charge < -0.3 is 4.74 Å². The monoisotopic (exact) mass is 408 g/mol. The second-order valence-corrected chi connectivity index (χ2v) is 8.98. The lowest BCUT2D eigenvalue weighted by molar-refractivity contribution is -0.118. The van der Waals surface area contributed by atoms with E-state index in [0.717, 1.165) is 22.4 Å². The minimum atomic E-state index is -0.492. The van der Waals surface area contributed by atoms with E-state index in [9.17, 15) is 15.3 Å². The van der Waals surface area contributed by atoms with Crippen molar-refractivity contribution < 1.29 is 9.53 Å². The molecule has 0 aromatic heterocycles. The molecular weight excluding hydrogens is 384 g/mol. The molecule has 2 aromatic rings. The van der Waals surface area contributed by atoms with Crippen LogP contribution in [0.5, 0.6) is 5.75 Å². The van der Waals surface area contributed by atoms with Crippen molar-refractivity contribution in [2.75, 3.05) is 7.11 Å². The number of methoxy groups -OCH3 is 1. The summed E-state index contributed by atoms with van der Waals surface area (Å²) in [5, 5.41) is 20.3. The topological polar surface area (TPSA) is 73.9 Å². The van der Waals surface area contributed by atoms with E-state index in [-0.39, 0.29) is 11.2 Å². The second-order valence-electron chi connectivity index (χ2n) is 8.98. The molecule has 0 radical (unpaired) electrons. The summed E-state index contributed by atoms with van der Waals surface area (Å²) >= 11 is 0. The standard InChI is InChI=1S/C27H24N2O2/c1-27(2)13-20-24(18-9-11-19(31-3)12-10-18)21(15-28)22(16-29)25(26(20)23(30)14-27)17-7-5-4-6-8-17/h4-12,24-25H,13-14H2,1-3H3. The van der Waals surface area contributed by atoms with Crippen molar-refractivity contribution in [3.05, 3.63) is 88.0 Å². The Bertz CT molecular complexity index is 1170. The number of nitriles is 2. The van der Waals surface area contributed by atoms with E-state index < -0.39 is 11.8 Å². The van der Waals surface area contributed by atoms with Gasteiger partial charge in [-0.15, -0.1) is 0 Å². The van der Waals surface area contributed by atoms with Crippen molar-refractivity contribution in [3.63, 3.8) is 0 Å². The lowest BCUT2D eigenvalue weighted by atomic mass is 9.60. The molecule has 0 aliphatic heterocycles. The molecule has 2 aliphatic rings. The van der Waals surface area contributed by atoms with Crippen LogP contribution in [-0.4, -0.2) is 12.9 Å². The Hall–Kier alpha value is -3.63. The van der Waals surface area contributed by atoms with E-state index in [1.54, 1.807) is 7.11 Å². The van der Waals surface area contributed by atoms with E-state index in [0.29, 0.717) is 29.6 Å². The summed E-state index contributed by atoms with van der Waals surface area (Å²) < 4.78 is 5.29. The van der Waals surface area contributed by atoms with Gasteiger partial charge in [-0.2, -0.15) is 10.5 Å². The van der Waals surface area contributed by atoms with Crippen molar-refractivity contribution in [1.29, 1.82) is 10.5 Å². The molecule has 2 atom stereocenters. The lowest BCUT2D eigenvalue weighted by Crippen LogP contribution is -2.34. The highest BCUT2D eigenvalue weighted by Crippen LogP contribution is 2.54. The average molecular weight is 409 g/mol. The molecule has 0 saturated heterocycles. The van der Waals surface area contributed by atoms with Crippen LogP contribution < -0.4 is 4.74 Å². The Morgan fingerprint density at radius 3 is 2.03 bits per heavy atom. The van der Waals surface area contributed by atoms with Gasteiger partial charge in [0.05, 0.1) is 30.4 Å². The molecule has 2 aliphatic carbocycles. The molecule has 4 rings (SSSR count). The fraction of sp³-hybridized carbons (Fsp3) is 0.296. The van der Waals surface area contributed by atoms with Crippen LogP contribution in [0.25, 0.3) is 0 Å². The van der Waals surface area contributed by atoms with Crippen LogP contribution in [0.1, 0.15) is 49.7 Å². The highest BCUT2D eigenvalue weighted by Gasteiger charge is 2.45. The average Bonchev–Trinajstić information content (AvgIpc) is 2.77. The Balaban J connectivity index is 2.01. The van der Waals surface area contributed by atoms with Gasteiger partial charge in [-0.05, 0) is 40.7 Å². The predicted molar refractivity (Wildman–Crippen MR) is 118 cm³/mol. The number of ether oxygens (including phenoxy) is 1. The van der Waals surface area contributed by atoms with E-state index >= 15 is 0 Å². The molecule has 0 spiro atoms. The molecule has 154 valence electrons. The zero-order valence-electron chi connectivity index (χ0n) is 18.0. The molecular formula is C27H24N2O2. The number of rotatable bonds is 3. The molecule has 0 N–H and O–H groups in total. The van der Waals surface area contributed by atoms with Crippen molar-refractivity contribution in [1.82, 2.24) is 0 Å². The molecule has 4 heteroatoms. The largest absolute Gasteiger partial charge is 0.497 e. The fourth-order valence-electron chi connectivity index (χ4n) is 5.01. The summed E-state index contributed by atoms with van der Waals surface area (Å²) in [6, 6.07) is 21.8. The van der Waals surface area contributed by atoms with Gasteiger partial charge in [0, 0.05) is 23.8 Å². The van der Waals surface area contributed by atoms with E-state index in [2.05, 4.69) is 26.0 Å². The van der Waals surface area contributed by atoms with Crippen LogP contribution in [0.15, 0.2) is 76.9 Å². The first-order valence-corrected chi connectivity index (χ1v) is 10.4. The normalized spacial score (nSPS) is 22.4. The third-order valence-corrected chi connectivity index (χ3v) is 6.28. The van der Waals surface area contributed by atoms with Gasteiger partial charge in [-0.25, -0.2) is 0 Å². The van der Waals surface area contributed by atoms with Crippen LogP contribution in [0, 0.1) is 28.1 Å². The lowest BCUT2D eigenvalue weighted by Gasteiger charge is -2.41. The van der Waals surface area contributed by atoms with Crippen molar-refractivity contribution in [3.8, 4) is 17.9 Å². The van der Waals surface area contributed by atoms with Gasteiger partial charge in [0.2, 0.25) is 0 Å².